The van der Waals surface area contributed by atoms with E-state index in [9.17, 15) is 43.5 Å². The highest BCUT2D eigenvalue weighted by Gasteiger charge is 2.29. The van der Waals surface area contributed by atoms with Gasteiger partial charge in [0.2, 0.25) is 0 Å². The fourth-order valence-electron chi connectivity index (χ4n) is 11.1. The standard InChI is InChI=1S/C89H152O16P2/c1-4-7-10-13-16-19-22-25-28-31-33-35-37-39-41-43-45-47-49-52-54-57-60-63-66-69-72-75-87(92)99-78-84(90)79-101-106(95,96)102-80-85(91)81-103-107(97,98)104-83-86(105-89(94)77-74-71-68-65-62-59-56-51-30-27-24-21-18-15-12-9-6-3)82-100-88(93)76-73-70-67-64-61-58-55-53-50-48-46-44-42-40-38-36-34-32-29-26-23-20-17-14-11-8-5-2/h9,12,16-21,25-30,33-36,39-42,56,59,84-86,90-91H,4-8,10-11,13-15,22-24,31-32,37-38,43-55,57-58,60-83H2,1-3H3,(H,95,96)(H,97,98)/b12-9-,19-16-,20-17-,21-18-,28-25-,29-26-,30-27-,35-33-,36-34-,41-39-,42-40-,59-56-. The molecule has 4 N–H and O–H groups in total. The minimum Gasteiger partial charge on any atom is -0.463 e. The van der Waals surface area contributed by atoms with Gasteiger partial charge in [0.05, 0.1) is 26.4 Å². The summed E-state index contributed by atoms with van der Waals surface area (Å²) in [6, 6.07) is 0. The zero-order chi connectivity index (χ0) is 78.0. The molecule has 0 aliphatic carbocycles. The van der Waals surface area contributed by atoms with E-state index >= 15 is 0 Å². The summed E-state index contributed by atoms with van der Waals surface area (Å²) in [5.41, 5.74) is 0. The highest BCUT2D eigenvalue weighted by molar-refractivity contribution is 7.47. The van der Waals surface area contributed by atoms with Crippen molar-refractivity contribution in [3.8, 4) is 0 Å². The maximum Gasteiger partial charge on any atom is 0.472 e. The number of phosphoric acid groups is 2. The smallest absolute Gasteiger partial charge is 0.463 e. The molecule has 0 saturated carbocycles. The molecule has 0 aliphatic rings. The molecule has 16 nitrogen and oxygen atoms in total. The minimum atomic E-state index is -4.95. The van der Waals surface area contributed by atoms with E-state index in [-0.39, 0.29) is 19.3 Å². The molecule has 5 unspecified atom stereocenters. The van der Waals surface area contributed by atoms with Gasteiger partial charge in [-0.15, -0.1) is 0 Å². The zero-order valence-electron chi connectivity index (χ0n) is 67.3. The van der Waals surface area contributed by atoms with Crippen molar-refractivity contribution in [2.75, 3.05) is 39.6 Å². The van der Waals surface area contributed by atoms with Crippen LogP contribution in [0.25, 0.3) is 0 Å². The number of ether oxygens (including phenoxy) is 3. The monoisotopic (exact) mass is 1540 g/mol. The number of hydrogen-bond acceptors (Lipinski definition) is 14. The largest absolute Gasteiger partial charge is 0.472 e. The lowest BCUT2D eigenvalue weighted by atomic mass is 10.0. The molecule has 0 aliphatic heterocycles. The number of rotatable bonds is 79. The summed E-state index contributed by atoms with van der Waals surface area (Å²) < 4.78 is 61.3. The molecule has 0 radical (unpaired) electrons. The van der Waals surface area contributed by atoms with Crippen LogP contribution in [0.5, 0.6) is 0 Å². The van der Waals surface area contributed by atoms with Crippen LogP contribution in [0.4, 0.5) is 0 Å². The van der Waals surface area contributed by atoms with Gasteiger partial charge in [0.15, 0.2) is 6.10 Å². The summed E-state index contributed by atoms with van der Waals surface area (Å²) in [6.45, 7) is 2.50. The van der Waals surface area contributed by atoms with Gasteiger partial charge in [-0.1, -0.05) is 321 Å². The van der Waals surface area contributed by atoms with Crippen molar-refractivity contribution in [2.45, 2.75) is 360 Å². The first-order valence-corrected chi connectivity index (χ1v) is 45.1. The second-order valence-corrected chi connectivity index (χ2v) is 30.8. The van der Waals surface area contributed by atoms with Crippen molar-refractivity contribution in [2.24, 2.45) is 0 Å². The quantitative estimate of drug-likeness (QED) is 0.0146. The molecule has 0 spiro atoms. The lowest BCUT2D eigenvalue weighted by Gasteiger charge is -2.21. The third kappa shape index (κ3) is 82.2. The van der Waals surface area contributed by atoms with E-state index in [1.54, 1.807) is 0 Å². The van der Waals surface area contributed by atoms with Crippen LogP contribution in [0, 0.1) is 0 Å². The third-order valence-electron chi connectivity index (χ3n) is 17.5. The SMILES string of the molecule is CC/C=C\C/C=C\C/C=C\C/C=C\CCCCCCC(=O)OC(COC(=O)CCCCCCCCCCCCC/C=C\C/C=C\C/C=C\C/C=C\CCCCC)COP(=O)(O)OCC(O)COP(=O)(O)OCC(O)COC(=O)CCCCCCCCCCCCC/C=C\C/C=C\C/C=C\C/C=C\CCCCC. The van der Waals surface area contributed by atoms with E-state index in [0.29, 0.717) is 19.3 Å². The number of aliphatic hydroxyl groups is 2. The van der Waals surface area contributed by atoms with Crippen molar-refractivity contribution in [1.29, 1.82) is 0 Å². The van der Waals surface area contributed by atoms with Crippen LogP contribution in [-0.2, 0) is 55.8 Å². The molecular formula is C89H152O16P2. The Labute approximate surface area is 651 Å². The first kappa shape index (κ1) is 102. The average molecular weight is 1540 g/mol. The van der Waals surface area contributed by atoms with Gasteiger partial charge in [-0.3, -0.25) is 32.5 Å². The van der Waals surface area contributed by atoms with Gasteiger partial charge in [-0.25, -0.2) is 9.13 Å². The summed E-state index contributed by atoms with van der Waals surface area (Å²) in [4.78, 5) is 58.8. The molecule has 0 saturated heterocycles. The van der Waals surface area contributed by atoms with Crippen LogP contribution in [0.15, 0.2) is 146 Å². The molecule has 0 aromatic carbocycles. The normalized spacial score (nSPS) is 14.6. The van der Waals surface area contributed by atoms with E-state index in [1.807, 2.05) is 0 Å². The Bertz CT molecular complexity index is 2530. The average Bonchev–Trinajstić information content (AvgIpc) is 0.957. The Morgan fingerprint density at radius 2 is 0.495 bits per heavy atom. The van der Waals surface area contributed by atoms with Gasteiger partial charge in [0.1, 0.15) is 25.4 Å². The predicted octanol–water partition coefficient (Wildman–Crippen LogP) is 25.2. The van der Waals surface area contributed by atoms with E-state index < -0.39 is 91.5 Å². The Morgan fingerprint density at radius 1 is 0.271 bits per heavy atom. The maximum atomic E-state index is 13.0. The number of carbonyl (C=O) groups is 3. The van der Waals surface area contributed by atoms with Crippen LogP contribution in [0.1, 0.15) is 342 Å². The first-order chi connectivity index (χ1) is 52.2. The van der Waals surface area contributed by atoms with E-state index in [0.717, 1.165) is 148 Å². The number of allylic oxidation sites excluding steroid dienone is 24. The lowest BCUT2D eigenvalue weighted by molar-refractivity contribution is -0.161. The van der Waals surface area contributed by atoms with Crippen molar-refractivity contribution < 1.29 is 75.8 Å². The van der Waals surface area contributed by atoms with Crippen LogP contribution in [0.2, 0.25) is 0 Å². The molecule has 18 heteroatoms. The summed E-state index contributed by atoms with van der Waals surface area (Å²) >= 11 is 0. The molecule has 0 fully saturated rings. The van der Waals surface area contributed by atoms with Crippen LogP contribution < -0.4 is 0 Å². The van der Waals surface area contributed by atoms with E-state index in [2.05, 4.69) is 167 Å². The van der Waals surface area contributed by atoms with Gasteiger partial charge in [0.25, 0.3) is 0 Å². The minimum absolute atomic E-state index is 0.0724. The van der Waals surface area contributed by atoms with Crippen molar-refractivity contribution in [3.05, 3.63) is 146 Å². The molecule has 107 heavy (non-hydrogen) atoms. The van der Waals surface area contributed by atoms with Gasteiger partial charge in [0, 0.05) is 19.3 Å². The van der Waals surface area contributed by atoms with Crippen molar-refractivity contribution >= 4 is 33.6 Å². The summed E-state index contributed by atoms with van der Waals surface area (Å²) in [5, 5.41) is 20.7. The molecule has 614 valence electrons. The fraction of sp³-hybridized carbons (Fsp3) is 0.697. The predicted molar refractivity (Wildman–Crippen MR) is 445 cm³/mol. The van der Waals surface area contributed by atoms with E-state index in [4.69, 9.17) is 32.3 Å². The maximum absolute atomic E-state index is 13.0. The molecule has 0 bridgehead atoms. The molecule has 0 amide bonds. The lowest BCUT2D eigenvalue weighted by Crippen LogP contribution is -2.30. The van der Waals surface area contributed by atoms with Crippen molar-refractivity contribution in [3.63, 3.8) is 0 Å². The molecule has 5 atom stereocenters. The molecule has 0 aromatic heterocycles. The number of aliphatic hydroxyl groups excluding tert-OH is 2. The summed E-state index contributed by atoms with van der Waals surface area (Å²) in [6.07, 6.45) is 100. The summed E-state index contributed by atoms with van der Waals surface area (Å²) in [7, 11) is -9.81. The number of phosphoric ester groups is 2. The topological polar surface area (TPSA) is 231 Å². The fourth-order valence-corrected chi connectivity index (χ4v) is 12.7. The molecule has 0 rings (SSSR count). The van der Waals surface area contributed by atoms with E-state index in [1.165, 1.54) is 135 Å². The van der Waals surface area contributed by atoms with Crippen LogP contribution in [0.3, 0.4) is 0 Å². The van der Waals surface area contributed by atoms with Gasteiger partial charge in [-0.2, -0.15) is 0 Å². The number of hydrogen-bond donors (Lipinski definition) is 4. The third-order valence-corrected chi connectivity index (χ3v) is 19.4. The molecular weight excluding hydrogens is 1390 g/mol. The molecule has 0 aromatic rings. The second-order valence-electron chi connectivity index (χ2n) is 27.9. The van der Waals surface area contributed by atoms with Crippen LogP contribution in [-0.4, -0.2) is 95.9 Å². The first-order valence-electron chi connectivity index (χ1n) is 42.1. The number of carbonyl (C=O) groups excluding carboxylic acids is 3. The Kier molecular flexibility index (Phi) is 77.5. The van der Waals surface area contributed by atoms with Gasteiger partial charge >= 0.3 is 33.6 Å². The highest BCUT2D eigenvalue weighted by atomic mass is 31.2. The Hall–Kier alpha value is -4.57. The number of esters is 3. The van der Waals surface area contributed by atoms with Gasteiger partial charge < -0.3 is 34.2 Å². The molecule has 0 heterocycles. The summed E-state index contributed by atoms with van der Waals surface area (Å²) in [5.74, 6) is -1.61. The Morgan fingerprint density at radius 3 is 0.785 bits per heavy atom. The Balaban J connectivity index is 4.61. The highest BCUT2D eigenvalue weighted by Crippen LogP contribution is 2.45. The van der Waals surface area contributed by atoms with Crippen molar-refractivity contribution in [1.82, 2.24) is 0 Å². The second kappa shape index (κ2) is 80.9. The zero-order valence-corrected chi connectivity index (χ0v) is 69.1. The number of unbranched alkanes of at least 4 members (excludes halogenated alkanes) is 32. The van der Waals surface area contributed by atoms with Crippen LogP contribution >= 0.6 is 15.6 Å². The van der Waals surface area contributed by atoms with Gasteiger partial charge in [-0.05, 0) is 148 Å².